The zero-order valence-corrected chi connectivity index (χ0v) is 11.7. The van der Waals surface area contributed by atoms with Crippen LogP contribution >= 0.6 is 0 Å². The van der Waals surface area contributed by atoms with Gasteiger partial charge in [0.15, 0.2) is 0 Å². The monoisotopic (exact) mass is 244 g/mol. The van der Waals surface area contributed by atoms with Crippen molar-refractivity contribution in [2.45, 2.75) is 19.8 Å². The van der Waals surface area contributed by atoms with E-state index in [1.54, 1.807) is 0 Å². The van der Waals surface area contributed by atoms with Crippen LogP contribution in [0.5, 0.6) is 0 Å². The Labute approximate surface area is 112 Å². The third-order valence-electron chi connectivity index (χ3n) is 1.26. The summed E-state index contributed by atoms with van der Waals surface area (Å²) >= 11 is 0. The second-order valence-corrected chi connectivity index (χ2v) is 4.10. The summed E-state index contributed by atoms with van der Waals surface area (Å²) in [6.07, 6.45) is 0.487. The topological polar surface area (TPSA) is 80.7 Å². The molecule has 0 aromatic carbocycles. The number of ether oxygens (including phenoxy) is 1. The Bertz CT molecular complexity index is 309. The minimum absolute atomic E-state index is 0. The Kier molecular flexibility index (Phi) is 9.68. The van der Waals surface area contributed by atoms with E-state index in [1.807, 2.05) is 0 Å². The predicted molar refractivity (Wildman–Crippen MR) is 50.9 cm³/mol. The molecular weight excluding hydrogens is 231 g/mol. The van der Waals surface area contributed by atoms with Crippen molar-refractivity contribution < 1.29 is 52.1 Å². The molecule has 0 aliphatic heterocycles. The van der Waals surface area contributed by atoms with E-state index in [0.29, 0.717) is 12.0 Å². The first-order valence-electron chi connectivity index (χ1n) is 3.96. The number of hydrogen-bond acceptors (Lipinski definition) is 4. The molecule has 0 saturated heterocycles. The third-order valence-corrected chi connectivity index (χ3v) is 1.92. The van der Waals surface area contributed by atoms with Crippen LogP contribution in [0.4, 0.5) is 0 Å². The molecule has 0 aliphatic carbocycles. The van der Waals surface area contributed by atoms with Crippen molar-refractivity contribution in [3.8, 4) is 0 Å². The maximum atomic E-state index is 10.8. The average Bonchev–Trinajstić information content (AvgIpc) is 2.01. The molecule has 0 bridgehead atoms. The number of esters is 1. The molecule has 0 atom stereocenters. The third kappa shape index (κ3) is 12.0. The van der Waals surface area contributed by atoms with Crippen molar-refractivity contribution in [1.29, 1.82) is 0 Å². The van der Waals surface area contributed by atoms with Gasteiger partial charge in [0.05, 0.1) is 6.61 Å². The molecule has 0 aromatic rings. The zero-order valence-electron chi connectivity index (χ0n) is 8.89. The van der Waals surface area contributed by atoms with Crippen LogP contribution in [0.25, 0.3) is 0 Å². The molecule has 82 valence electrons. The van der Waals surface area contributed by atoms with Gasteiger partial charge in [0.2, 0.25) is 0 Å². The Morgan fingerprint density at radius 3 is 2.47 bits per heavy atom. The Hall–Kier alpha value is 0.120. The summed E-state index contributed by atoms with van der Waals surface area (Å²) in [6, 6.07) is 0. The largest absolute Gasteiger partial charge is 1.00 e. The maximum Gasteiger partial charge on any atom is 1.00 e. The molecule has 0 heterocycles. The molecule has 5 nitrogen and oxygen atoms in total. The van der Waals surface area contributed by atoms with Crippen LogP contribution in [0.15, 0.2) is 12.2 Å². The molecule has 7 heteroatoms. The van der Waals surface area contributed by atoms with Crippen LogP contribution < -0.4 is 29.6 Å². The van der Waals surface area contributed by atoms with E-state index in [4.69, 9.17) is 4.55 Å². The zero-order chi connectivity index (χ0) is 11.2. The molecule has 0 rings (SSSR count). The van der Waals surface area contributed by atoms with Crippen LogP contribution in [0, 0.1) is 5.75 Å². The molecule has 0 spiro atoms. The summed E-state index contributed by atoms with van der Waals surface area (Å²) in [5.41, 5.74) is 0.295. The van der Waals surface area contributed by atoms with Crippen molar-refractivity contribution in [2.24, 2.45) is 0 Å². The first-order valence-corrected chi connectivity index (χ1v) is 5.46. The fraction of sp³-hybridized carbons (Fsp3) is 0.500. The fourth-order valence-electron chi connectivity index (χ4n) is 0.604. The van der Waals surface area contributed by atoms with E-state index >= 15 is 0 Å². The minimum Gasteiger partial charge on any atom is -0.462 e. The SMILES string of the molecule is C=C(C)C(=O)OCCC[CH-]S(=O)(=O)O.[Na+]. The molecule has 0 fully saturated rings. The van der Waals surface area contributed by atoms with Crippen molar-refractivity contribution in [3.63, 3.8) is 0 Å². The first kappa shape index (κ1) is 17.5. The van der Waals surface area contributed by atoms with Gasteiger partial charge in [0.1, 0.15) is 10.1 Å². The van der Waals surface area contributed by atoms with Crippen LogP contribution in [-0.4, -0.2) is 25.5 Å². The molecule has 0 radical (unpaired) electrons. The van der Waals surface area contributed by atoms with E-state index in [1.165, 1.54) is 6.92 Å². The normalized spacial score (nSPS) is 10.3. The van der Waals surface area contributed by atoms with Gasteiger partial charge in [0, 0.05) is 5.57 Å². The molecule has 0 unspecified atom stereocenters. The molecule has 0 amide bonds. The van der Waals surface area contributed by atoms with Gasteiger partial charge in [-0.1, -0.05) is 6.58 Å². The van der Waals surface area contributed by atoms with E-state index in [9.17, 15) is 13.2 Å². The second kappa shape index (κ2) is 8.29. The molecule has 0 aliphatic rings. The second-order valence-electron chi connectivity index (χ2n) is 2.74. The summed E-state index contributed by atoms with van der Waals surface area (Å²) in [5.74, 6) is 0.263. The predicted octanol–water partition coefficient (Wildman–Crippen LogP) is -2.06. The summed E-state index contributed by atoms with van der Waals surface area (Å²) in [5, 5.41) is 0. The number of carbonyl (C=O) groups excluding carboxylic acids is 1. The van der Waals surface area contributed by atoms with Gasteiger partial charge in [-0.2, -0.15) is 12.2 Å². The van der Waals surface area contributed by atoms with Gasteiger partial charge in [-0.15, -0.1) is 0 Å². The minimum atomic E-state index is -4.02. The number of hydrogen-bond donors (Lipinski definition) is 1. The van der Waals surface area contributed by atoms with E-state index in [0.717, 1.165) is 5.75 Å². The van der Waals surface area contributed by atoms with Gasteiger partial charge >= 0.3 is 35.5 Å². The average molecular weight is 244 g/mol. The van der Waals surface area contributed by atoms with Crippen molar-refractivity contribution in [2.75, 3.05) is 6.61 Å². The van der Waals surface area contributed by atoms with Crippen molar-refractivity contribution >= 4 is 16.1 Å². The number of unbranched alkanes of at least 4 members (excludes halogenated alkanes) is 1. The standard InChI is InChI=1S/C8H13O5S.Na/c1-7(2)8(9)13-5-3-4-6-14(10,11)12;/h6H,1,3-5H2,2H3,(H,10,11,12);/q-1;+1. The van der Waals surface area contributed by atoms with E-state index < -0.39 is 16.1 Å². The maximum absolute atomic E-state index is 10.8. The van der Waals surface area contributed by atoms with Crippen LogP contribution in [0.1, 0.15) is 19.8 Å². The van der Waals surface area contributed by atoms with Gasteiger partial charge < -0.3 is 9.29 Å². The smallest absolute Gasteiger partial charge is 0.462 e. The molecule has 0 saturated carbocycles. The Morgan fingerprint density at radius 1 is 1.53 bits per heavy atom. The first-order chi connectivity index (χ1) is 6.33. The molecular formula is C8H13NaO5S. The van der Waals surface area contributed by atoms with E-state index in [-0.39, 0.29) is 42.6 Å². The summed E-state index contributed by atoms with van der Waals surface area (Å²) in [6.45, 7) is 5.00. The van der Waals surface area contributed by atoms with Gasteiger partial charge in [0.25, 0.3) is 0 Å². The van der Waals surface area contributed by atoms with Crippen LogP contribution in [-0.2, 0) is 19.6 Å². The van der Waals surface area contributed by atoms with Crippen LogP contribution in [0.3, 0.4) is 0 Å². The number of carbonyl (C=O) groups is 1. The summed E-state index contributed by atoms with van der Waals surface area (Å²) < 4.78 is 33.4. The van der Waals surface area contributed by atoms with Crippen molar-refractivity contribution in [3.05, 3.63) is 17.9 Å². The molecule has 0 aromatic heterocycles. The molecule has 1 N–H and O–H groups in total. The van der Waals surface area contributed by atoms with Crippen molar-refractivity contribution in [1.82, 2.24) is 0 Å². The Balaban J connectivity index is 0. The summed E-state index contributed by atoms with van der Waals surface area (Å²) in [4.78, 5) is 10.8. The Morgan fingerprint density at radius 2 is 2.07 bits per heavy atom. The van der Waals surface area contributed by atoms with Gasteiger partial charge in [-0.05, 0) is 13.3 Å². The fourth-order valence-corrected chi connectivity index (χ4v) is 1.07. The summed E-state index contributed by atoms with van der Waals surface area (Å²) in [7, 11) is -4.02. The van der Waals surface area contributed by atoms with Gasteiger partial charge in [-0.3, -0.25) is 0 Å². The van der Waals surface area contributed by atoms with E-state index in [2.05, 4.69) is 11.3 Å². The quantitative estimate of drug-likeness (QED) is 0.145. The molecule has 15 heavy (non-hydrogen) atoms. The van der Waals surface area contributed by atoms with Crippen LogP contribution in [0.2, 0.25) is 0 Å². The van der Waals surface area contributed by atoms with Gasteiger partial charge in [-0.25, -0.2) is 13.2 Å². The number of rotatable bonds is 6.